The SMILES string of the molecule is COc1ccc(OC)c(-c2ccc(C(C)=NOCCOc3ccc(CC4CNCS4)cc3)cc2)c1. The summed E-state index contributed by atoms with van der Waals surface area (Å²) in [7, 11) is 3.32. The standard InChI is InChI=1S/C28H32N2O4S/c1-20(22-6-8-23(9-7-22)27-17-25(31-2)12-13-28(27)32-3)30-34-15-14-33-24-10-4-21(5-11-24)16-26-18-29-19-35-26/h4-13,17,26,29H,14-16,18-19H2,1-3H3. The molecule has 0 spiro atoms. The Bertz CT molecular complexity index is 1110. The summed E-state index contributed by atoms with van der Waals surface area (Å²) in [4.78, 5) is 5.48. The van der Waals surface area contributed by atoms with Crippen LogP contribution in [0.1, 0.15) is 18.1 Å². The number of nitrogens with one attached hydrogen (secondary N) is 1. The summed E-state index contributed by atoms with van der Waals surface area (Å²) >= 11 is 1.98. The van der Waals surface area contributed by atoms with E-state index in [1.165, 1.54) is 5.56 Å². The second kappa shape index (κ2) is 12.5. The molecule has 1 heterocycles. The first-order valence-electron chi connectivity index (χ1n) is 11.7. The Morgan fingerprint density at radius 3 is 2.40 bits per heavy atom. The molecule has 1 saturated heterocycles. The first-order chi connectivity index (χ1) is 17.2. The normalized spacial score (nSPS) is 15.6. The van der Waals surface area contributed by atoms with E-state index in [9.17, 15) is 0 Å². The average molecular weight is 493 g/mol. The summed E-state index contributed by atoms with van der Waals surface area (Å²) in [5.74, 6) is 3.48. The van der Waals surface area contributed by atoms with E-state index in [0.29, 0.717) is 18.5 Å². The maximum Gasteiger partial charge on any atom is 0.151 e. The fourth-order valence-electron chi connectivity index (χ4n) is 3.89. The lowest BCUT2D eigenvalue weighted by Crippen LogP contribution is -2.14. The quantitative estimate of drug-likeness (QED) is 0.220. The predicted molar refractivity (Wildman–Crippen MR) is 143 cm³/mol. The second-order valence-corrected chi connectivity index (χ2v) is 9.53. The van der Waals surface area contributed by atoms with E-state index in [1.54, 1.807) is 14.2 Å². The summed E-state index contributed by atoms with van der Waals surface area (Å²) in [6.07, 6.45) is 1.09. The molecule has 1 aliphatic rings. The molecule has 0 aromatic heterocycles. The number of ether oxygens (including phenoxy) is 3. The van der Waals surface area contributed by atoms with Crippen LogP contribution in [0, 0.1) is 0 Å². The fourth-order valence-corrected chi connectivity index (χ4v) is 4.91. The van der Waals surface area contributed by atoms with Crippen molar-refractivity contribution in [1.82, 2.24) is 5.32 Å². The average Bonchev–Trinajstić information content (AvgIpc) is 3.42. The Balaban J connectivity index is 1.25. The van der Waals surface area contributed by atoms with Crippen LogP contribution in [0.2, 0.25) is 0 Å². The van der Waals surface area contributed by atoms with Crippen molar-refractivity contribution in [2.45, 2.75) is 18.6 Å². The summed E-state index contributed by atoms with van der Waals surface area (Å²) < 4.78 is 16.6. The Morgan fingerprint density at radius 1 is 0.943 bits per heavy atom. The van der Waals surface area contributed by atoms with Crippen molar-refractivity contribution >= 4 is 17.5 Å². The van der Waals surface area contributed by atoms with Gasteiger partial charge in [-0.25, -0.2) is 0 Å². The zero-order valence-electron chi connectivity index (χ0n) is 20.5. The lowest BCUT2D eigenvalue weighted by molar-refractivity contribution is 0.107. The highest BCUT2D eigenvalue weighted by atomic mass is 32.2. The molecule has 0 amide bonds. The third-order valence-electron chi connectivity index (χ3n) is 5.84. The smallest absolute Gasteiger partial charge is 0.151 e. The van der Waals surface area contributed by atoms with E-state index < -0.39 is 0 Å². The van der Waals surface area contributed by atoms with Gasteiger partial charge >= 0.3 is 0 Å². The molecule has 0 bridgehead atoms. The Kier molecular flexibility index (Phi) is 8.92. The summed E-state index contributed by atoms with van der Waals surface area (Å²) in [5.41, 5.74) is 5.14. The van der Waals surface area contributed by atoms with Gasteiger partial charge in [0.1, 0.15) is 23.9 Å². The van der Waals surface area contributed by atoms with Crippen LogP contribution in [-0.2, 0) is 11.3 Å². The third kappa shape index (κ3) is 6.93. The lowest BCUT2D eigenvalue weighted by atomic mass is 10.0. The molecule has 0 saturated carbocycles. The largest absolute Gasteiger partial charge is 0.497 e. The molecule has 35 heavy (non-hydrogen) atoms. The van der Waals surface area contributed by atoms with Crippen molar-refractivity contribution in [2.24, 2.45) is 5.16 Å². The number of rotatable bonds is 11. The van der Waals surface area contributed by atoms with Gasteiger partial charge in [-0.1, -0.05) is 41.6 Å². The minimum absolute atomic E-state index is 0.378. The molecular formula is C28H32N2O4S. The van der Waals surface area contributed by atoms with Crippen LogP contribution in [0.4, 0.5) is 0 Å². The highest BCUT2D eigenvalue weighted by molar-refractivity contribution is 8.00. The molecule has 1 fully saturated rings. The Labute approximate surface area is 211 Å². The van der Waals surface area contributed by atoms with Gasteiger partial charge < -0.3 is 24.4 Å². The fraction of sp³-hybridized carbons (Fsp3) is 0.321. The van der Waals surface area contributed by atoms with Crippen LogP contribution in [0.3, 0.4) is 0 Å². The van der Waals surface area contributed by atoms with E-state index in [0.717, 1.165) is 58.5 Å². The molecule has 1 N–H and O–H groups in total. The van der Waals surface area contributed by atoms with Crippen molar-refractivity contribution < 1.29 is 19.0 Å². The molecule has 184 valence electrons. The molecule has 7 heteroatoms. The zero-order valence-corrected chi connectivity index (χ0v) is 21.3. The lowest BCUT2D eigenvalue weighted by Gasteiger charge is -2.11. The number of benzene rings is 3. The number of nitrogens with zero attached hydrogens (tertiary/aromatic N) is 1. The summed E-state index contributed by atoms with van der Waals surface area (Å²) in [6, 6.07) is 22.2. The molecule has 4 rings (SSSR count). The van der Waals surface area contributed by atoms with Crippen molar-refractivity contribution in [1.29, 1.82) is 0 Å². The highest BCUT2D eigenvalue weighted by Gasteiger charge is 2.15. The third-order valence-corrected chi connectivity index (χ3v) is 7.02. The number of thioether (sulfide) groups is 1. The Hall–Kier alpha value is -3.16. The number of hydrogen-bond donors (Lipinski definition) is 1. The van der Waals surface area contributed by atoms with Crippen LogP contribution in [0.15, 0.2) is 71.9 Å². The number of methoxy groups -OCH3 is 2. The van der Waals surface area contributed by atoms with Gasteiger partial charge in [-0.2, -0.15) is 0 Å². The van der Waals surface area contributed by atoms with Crippen molar-refractivity contribution in [3.63, 3.8) is 0 Å². The van der Waals surface area contributed by atoms with Gasteiger partial charge in [0.15, 0.2) is 6.61 Å². The topological polar surface area (TPSA) is 61.3 Å². The van der Waals surface area contributed by atoms with Gasteiger partial charge in [-0.05, 0) is 60.4 Å². The van der Waals surface area contributed by atoms with Crippen molar-refractivity contribution in [3.05, 3.63) is 77.9 Å². The van der Waals surface area contributed by atoms with Crippen molar-refractivity contribution in [2.75, 3.05) is 39.9 Å². The van der Waals surface area contributed by atoms with Crippen LogP contribution in [0.5, 0.6) is 17.2 Å². The molecule has 0 aliphatic carbocycles. The maximum atomic E-state index is 5.79. The van der Waals surface area contributed by atoms with Crippen molar-refractivity contribution in [3.8, 4) is 28.4 Å². The van der Waals surface area contributed by atoms with Gasteiger partial charge in [0, 0.05) is 23.2 Å². The first-order valence-corrected chi connectivity index (χ1v) is 12.7. The van der Waals surface area contributed by atoms with Gasteiger partial charge in [-0.15, -0.1) is 11.8 Å². The molecule has 0 radical (unpaired) electrons. The number of oxime groups is 1. The van der Waals surface area contributed by atoms with E-state index in [1.807, 2.05) is 73.3 Å². The molecule has 1 unspecified atom stereocenters. The monoisotopic (exact) mass is 492 g/mol. The molecule has 6 nitrogen and oxygen atoms in total. The summed E-state index contributed by atoms with van der Waals surface area (Å²) in [6.45, 7) is 3.83. The minimum Gasteiger partial charge on any atom is -0.497 e. The van der Waals surface area contributed by atoms with Crippen LogP contribution in [-0.4, -0.2) is 50.8 Å². The van der Waals surface area contributed by atoms with Gasteiger partial charge in [0.2, 0.25) is 0 Å². The van der Waals surface area contributed by atoms with Crippen LogP contribution >= 0.6 is 11.8 Å². The molecular weight excluding hydrogens is 460 g/mol. The number of hydrogen-bond acceptors (Lipinski definition) is 7. The molecule has 3 aromatic rings. The van der Waals surface area contributed by atoms with Gasteiger partial charge in [-0.3, -0.25) is 0 Å². The molecule has 1 atom stereocenters. The highest BCUT2D eigenvalue weighted by Crippen LogP contribution is 2.33. The molecule has 1 aliphatic heterocycles. The van der Waals surface area contributed by atoms with E-state index >= 15 is 0 Å². The Morgan fingerprint density at radius 2 is 1.71 bits per heavy atom. The zero-order chi connectivity index (χ0) is 24.5. The molecule has 3 aromatic carbocycles. The van der Waals surface area contributed by atoms with E-state index in [2.05, 4.69) is 22.6 Å². The summed E-state index contributed by atoms with van der Waals surface area (Å²) in [5, 5.41) is 8.29. The van der Waals surface area contributed by atoms with Gasteiger partial charge in [0.05, 0.1) is 19.9 Å². The minimum atomic E-state index is 0.378. The second-order valence-electron chi connectivity index (χ2n) is 8.24. The van der Waals surface area contributed by atoms with Crippen LogP contribution in [0.25, 0.3) is 11.1 Å². The van der Waals surface area contributed by atoms with Gasteiger partial charge in [0.25, 0.3) is 0 Å². The van der Waals surface area contributed by atoms with Crippen LogP contribution < -0.4 is 19.5 Å². The van der Waals surface area contributed by atoms with E-state index in [-0.39, 0.29) is 0 Å². The maximum absolute atomic E-state index is 5.79. The first kappa shape index (κ1) is 24.9. The van der Waals surface area contributed by atoms with E-state index in [4.69, 9.17) is 19.0 Å². The predicted octanol–water partition coefficient (Wildman–Crippen LogP) is 5.40.